The Morgan fingerprint density at radius 1 is 1.30 bits per heavy atom. The second kappa shape index (κ2) is 6.93. The first-order chi connectivity index (χ1) is 11.1. The Balaban J connectivity index is 1.62. The molecule has 0 bridgehead atoms. The van der Waals surface area contributed by atoms with Crippen LogP contribution in [0.1, 0.15) is 10.6 Å². The number of carbonyl (C=O) groups is 1. The lowest BCUT2D eigenvalue weighted by Crippen LogP contribution is -2.14. The molecule has 0 aliphatic rings. The number of amides is 1. The number of thioether (sulfide) groups is 1. The van der Waals surface area contributed by atoms with Crippen LogP contribution in [0.4, 0.5) is 6.01 Å². The van der Waals surface area contributed by atoms with Crippen molar-refractivity contribution in [2.45, 2.75) is 18.2 Å². The fraction of sp³-hybridized carbons (Fsp3) is 0.200. The van der Waals surface area contributed by atoms with E-state index in [1.165, 1.54) is 11.3 Å². The summed E-state index contributed by atoms with van der Waals surface area (Å²) >= 11 is 3.16. The van der Waals surface area contributed by atoms with Crippen LogP contribution in [0.25, 0.3) is 11.6 Å². The van der Waals surface area contributed by atoms with Gasteiger partial charge in [0.2, 0.25) is 5.91 Å². The normalized spacial score (nSPS) is 10.7. The Bertz CT molecular complexity index is 811. The zero-order valence-corrected chi connectivity index (χ0v) is 14.2. The molecule has 2 aromatic heterocycles. The van der Waals surface area contributed by atoms with Crippen molar-refractivity contribution in [2.24, 2.45) is 0 Å². The standard InChI is InChI=1S/C15H14N4O2S2/c1-9-16-12(8-23-9)14-18-19-15(21-14)17-13(20)7-10-3-5-11(22-2)6-4-10/h3-6,8H,7H2,1-2H3,(H,17,19,20). The van der Waals surface area contributed by atoms with E-state index in [9.17, 15) is 4.79 Å². The van der Waals surface area contributed by atoms with Crippen molar-refractivity contribution < 1.29 is 9.21 Å². The molecule has 8 heteroatoms. The van der Waals surface area contributed by atoms with Gasteiger partial charge in [0.25, 0.3) is 5.89 Å². The fourth-order valence-electron chi connectivity index (χ4n) is 1.93. The minimum absolute atomic E-state index is 0.0800. The van der Waals surface area contributed by atoms with Gasteiger partial charge in [-0.2, -0.15) is 0 Å². The van der Waals surface area contributed by atoms with Crippen molar-refractivity contribution >= 4 is 35.0 Å². The summed E-state index contributed by atoms with van der Waals surface area (Å²) < 4.78 is 5.41. The summed E-state index contributed by atoms with van der Waals surface area (Å²) in [5.74, 6) is 0.0977. The SMILES string of the molecule is CSc1ccc(CC(=O)Nc2nnc(-c3csc(C)n3)o2)cc1. The maximum Gasteiger partial charge on any atom is 0.322 e. The Labute approximate surface area is 141 Å². The van der Waals surface area contributed by atoms with Gasteiger partial charge in [-0.15, -0.1) is 28.2 Å². The molecule has 0 atom stereocenters. The average Bonchev–Trinajstić information content (AvgIpc) is 3.17. The minimum Gasteiger partial charge on any atom is -0.401 e. The van der Waals surface area contributed by atoms with E-state index in [2.05, 4.69) is 20.5 Å². The highest BCUT2D eigenvalue weighted by Crippen LogP contribution is 2.21. The highest BCUT2D eigenvalue weighted by atomic mass is 32.2. The third-order valence-corrected chi connectivity index (χ3v) is 4.55. The van der Waals surface area contributed by atoms with Crippen LogP contribution in [0.3, 0.4) is 0 Å². The molecule has 23 heavy (non-hydrogen) atoms. The molecule has 3 rings (SSSR count). The van der Waals surface area contributed by atoms with Crippen LogP contribution in [0.2, 0.25) is 0 Å². The van der Waals surface area contributed by atoms with E-state index in [0.717, 1.165) is 15.5 Å². The number of aryl methyl sites for hydroxylation is 1. The second-order valence-electron chi connectivity index (χ2n) is 4.74. The van der Waals surface area contributed by atoms with Crippen LogP contribution in [0.15, 0.2) is 39.0 Å². The maximum atomic E-state index is 12.0. The largest absolute Gasteiger partial charge is 0.401 e. The lowest BCUT2D eigenvalue weighted by molar-refractivity contribution is -0.115. The quantitative estimate of drug-likeness (QED) is 0.713. The Morgan fingerprint density at radius 3 is 2.74 bits per heavy atom. The smallest absolute Gasteiger partial charge is 0.322 e. The number of anilines is 1. The van der Waals surface area contributed by atoms with E-state index >= 15 is 0 Å². The van der Waals surface area contributed by atoms with Gasteiger partial charge < -0.3 is 4.42 Å². The first kappa shape index (κ1) is 15.7. The molecule has 0 radical (unpaired) electrons. The third-order valence-electron chi connectivity index (χ3n) is 3.03. The van der Waals surface area contributed by atoms with Crippen LogP contribution < -0.4 is 5.32 Å². The number of nitrogens with one attached hydrogen (secondary N) is 1. The van der Waals surface area contributed by atoms with Gasteiger partial charge in [-0.25, -0.2) is 4.98 Å². The number of rotatable bonds is 5. The van der Waals surface area contributed by atoms with Crippen molar-refractivity contribution in [3.8, 4) is 11.6 Å². The molecule has 0 saturated carbocycles. The van der Waals surface area contributed by atoms with E-state index in [4.69, 9.17) is 4.42 Å². The molecule has 0 saturated heterocycles. The minimum atomic E-state index is -0.202. The molecule has 0 aliphatic carbocycles. The van der Waals surface area contributed by atoms with Crippen molar-refractivity contribution in [3.05, 3.63) is 40.2 Å². The third kappa shape index (κ3) is 3.96. The Kier molecular flexibility index (Phi) is 4.73. The fourth-order valence-corrected chi connectivity index (χ4v) is 2.93. The summed E-state index contributed by atoms with van der Waals surface area (Å²) in [6.45, 7) is 1.90. The van der Waals surface area contributed by atoms with Gasteiger partial charge in [-0.3, -0.25) is 10.1 Å². The summed E-state index contributed by atoms with van der Waals surface area (Å²) in [4.78, 5) is 17.5. The van der Waals surface area contributed by atoms with Gasteiger partial charge >= 0.3 is 6.01 Å². The topological polar surface area (TPSA) is 80.9 Å². The first-order valence-corrected chi connectivity index (χ1v) is 8.93. The molecule has 1 amide bonds. The average molecular weight is 346 g/mol. The predicted molar refractivity (Wildman–Crippen MR) is 90.7 cm³/mol. The summed E-state index contributed by atoms with van der Waals surface area (Å²) in [5, 5.41) is 13.1. The lowest BCUT2D eigenvalue weighted by atomic mass is 10.1. The van der Waals surface area contributed by atoms with Crippen molar-refractivity contribution in [1.29, 1.82) is 0 Å². The predicted octanol–water partition coefficient (Wildman–Crippen LogP) is 3.40. The Morgan fingerprint density at radius 2 is 2.09 bits per heavy atom. The number of nitrogens with zero attached hydrogens (tertiary/aromatic N) is 3. The zero-order chi connectivity index (χ0) is 16.2. The van der Waals surface area contributed by atoms with E-state index in [1.807, 2.05) is 42.8 Å². The molecule has 0 fully saturated rings. The second-order valence-corrected chi connectivity index (χ2v) is 6.68. The molecule has 0 unspecified atom stereocenters. The maximum absolute atomic E-state index is 12.0. The molecule has 6 nitrogen and oxygen atoms in total. The summed E-state index contributed by atoms with van der Waals surface area (Å²) in [6, 6.07) is 7.92. The molecular formula is C15H14N4O2S2. The molecule has 2 heterocycles. The van der Waals surface area contributed by atoms with Crippen LogP contribution in [0.5, 0.6) is 0 Å². The van der Waals surface area contributed by atoms with E-state index in [1.54, 1.807) is 11.8 Å². The highest BCUT2D eigenvalue weighted by Gasteiger charge is 2.13. The molecule has 1 aromatic carbocycles. The van der Waals surface area contributed by atoms with Gasteiger partial charge in [0, 0.05) is 10.3 Å². The van der Waals surface area contributed by atoms with E-state index in [-0.39, 0.29) is 18.3 Å². The molecule has 1 N–H and O–H groups in total. The van der Waals surface area contributed by atoms with Crippen molar-refractivity contribution in [1.82, 2.24) is 15.2 Å². The number of hydrogen-bond donors (Lipinski definition) is 1. The number of thiazole rings is 1. The van der Waals surface area contributed by atoms with Gasteiger partial charge in [0.05, 0.1) is 11.4 Å². The van der Waals surface area contributed by atoms with Gasteiger partial charge in [0.15, 0.2) is 0 Å². The van der Waals surface area contributed by atoms with Crippen LogP contribution in [-0.2, 0) is 11.2 Å². The molecule has 0 aliphatic heterocycles. The van der Waals surface area contributed by atoms with E-state index in [0.29, 0.717) is 11.6 Å². The van der Waals surface area contributed by atoms with Gasteiger partial charge in [0.1, 0.15) is 5.69 Å². The van der Waals surface area contributed by atoms with E-state index < -0.39 is 0 Å². The van der Waals surface area contributed by atoms with Crippen molar-refractivity contribution in [2.75, 3.05) is 11.6 Å². The monoisotopic (exact) mass is 346 g/mol. The van der Waals surface area contributed by atoms with Crippen LogP contribution in [-0.4, -0.2) is 27.3 Å². The summed E-state index contributed by atoms with van der Waals surface area (Å²) in [5.41, 5.74) is 1.54. The van der Waals surface area contributed by atoms with Crippen LogP contribution >= 0.6 is 23.1 Å². The summed E-state index contributed by atoms with van der Waals surface area (Å²) in [7, 11) is 0. The highest BCUT2D eigenvalue weighted by molar-refractivity contribution is 7.98. The molecule has 3 aromatic rings. The Hall–Kier alpha value is -2.19. The number of aromatic nitrogens is 3. The number of benzene rings is 1. The first-order valence-electron chi connectivity index (χ1n) is 6.83. The summed E-state index contributed by atoms with van der Waals surface area (Å²) in [6.07, 6.45) is 2.26. The number of carbonyl (C=O) groups excluding carboxylic acids is 1. The zero-order valence-electron chi connectivity index (χ0n) is 12.6. The van der Waals surface area contributed by atoms with Crippen LogP contribution in [0, 0.1) is 6.92 Å². The van der Waals surface area contributed by atoms with Gasteiger partial charge in [-0.05, 0) is 30.9 Å². The van der Waals surface area contributed by atoms with Gasteiger partial charge in [-0.1, -0.05) is 17.2 Å². The van der Waals surface area contributed by atoms with Crippen molar-refractivity contribution in [3.63, 3.8) is 0 Å². The molecular weight excluding hydrogens is 332 g/mol. The number of hydrogen-bond acceptors (Lipinski definition) is 7. The molecule has 0 spiro atoms. The lowest BCUT2D eigenvalue weighted by Gasteiger charge is -2.02. The molecule has 118 valence electrons.